The number of nitrogens with two attached hydrogens (primary N) is 2. The maximum Gasteiger partial charge on any atom is 0.223 e. The van der Waals surface area contributed by atoms with Gasteiger partial charge in [0.15, 0.2) is 0 Å². The quantitative estimate of drug-likeness (QED) is 0.582. The topological polar surface area (TPSA) is 98.2 Å². The third-order valence-electron chi connectivity index (χ3n) is 3.23. The molecule has 98 valence electrons. The number of nitrogens with one attached hydrogen (secondary N) is 1. The number of primary amides is 1. The highest BCUT2D eigenvalue weighted by Crippen LogP contribution is 2.22. The minimum atomic E-state index is -0.283. The number of carbonyl (C=O) groups is 2. The van der Waals surface area contributed by atoms with E-state index in [1.807, 2.05) is 0 Å². The first-order chi connectivity index (χ1) is 8.09. The van der Waals surface area contributed by atoms with Crippen LogP contribution in [0.4, 0.5) is 0 Å². The standard InChI is InChI=1S/C12H23N3O2/c13-10-5-3-4-9(8-10)12(17)15-7-2-1-6-11(14)16/h9-10H,1-8,13H2,(H2,14,16)(H,15,17). The van der Waals surface area contributed by atoms with E-state index in [9.17, 15) is 9.59 Å². The molecule has 1 saturated carbocycles. The molecule has 0 aromatic rings. The maximum atomic E-state index is 11.8. The van der Waals surface area contributed by atoms with Crippen molar-refractivity contribution in [3.8, 4) is 0 Å². The largest absolute Gasteiger partial charge is 0.370 e. The van der Waals surface area contributed by atoms with Crippen LogP contribution in [-0.2, 0) is 9.59 Å². The van der Waals surface area contributed by atoms with Crippen LogP contribution in [-0.4, -0.2) is 24.4 Å². The summed E-state index contributed by atoms with van der Waals surface area (Å²) in [6.45, 7) is 0.623. The molecule has 2 unspecified atom stereocenters. The average Bonchev–Trinajstić information content (AvgIpc) is 2.28. The van der Waals surface area contributed by atoms with Gasteiger partial charge in [-0.3, -0.25) is 9.59 Å². The lowest BCUT2D eigenvalue weighted by Gasteiger charge is -2.25. The monoisotopic (exact) mass is 241 g/mol. The fourth-order valence-corrected chi connectivity index (χ4v) is 2.25. The Labute approximate surface area is 102 Å². The summed E-state index contributed by atoms with van der Waals surface area (Å²) >= 11 is 0. The van der Waals surface area contributed by atoms with Crippen molar-refractivity contribution in [3.63, 3.8) is 0 Å². The SMILES string of the molecule is NC(=O)CCCCNC(=O)C1CCCC(N)C1. The lowest BCUT2D eigenvalue weighted by atomic mass is 9.85. The number of hydrogen-bond donors (Lipinski definition) is 3. The molecule has 0 heterocycles. The Morgan fingerprint density at radius 1 is 1.24 bits per heavy atom. The van der Waals surface area contributed by atoms with Gasteiger partial charge in [0.05, 0.1) is 0 Å². The molecule has 0 radical (unpaired) electrons. The molecular formula is C12H23N3O2. The minimum absolute atomic E-state index is 0.0786. The van der Waals surface area contributed by atoms with Crippen molar-refractivity contribution >= 4 is 11.8 Å². The maximum absolute atomic E-state index is 11.8. The van der Waals surface area contributed by atoms with Crippen LogP contribution in [0.1, 0.15) is 44.9 Å². The van der Waals surface area contributed by atoms with Gasteiger partial charge in [0.2, 0.25) is 11.8 Å². The first-order valence-corrected chi connectivity index (χ1v) is 6.41. The Morgan fingerprint density at radius 3 is 2.65 bits per heavy atom. The predicted octanol–water partition coefficient (Wildman–Crippen LogP) is 0.276. The van der Waals surface area contributed by atoms with Crippen LogP contribution in [0, 0.1) is 5.92 Å². The van der Waals surface area contributed by atoms with E-state index in [1.54, 1.807) is 0 Å². The molecule has 1 aliphatic rings. The van der Waals surface area contributed by atoms with Gasteiger partial charge in [-0.15, -0.1) is 0 Å². The molecule has 1 fully saturated rings. The van der Waals surface area contributed by atoms with E-state index < -0.39 is 0 Å². The van der Waals surface area contributed by atoms with Crippen molar-refractivity contribution in [2.24, 2.45) is 17.4 Å². The molecule has 0 spiro atoms. The lowest BCUT2D eigenvalue weighted by molar-refractivity contribution is -0.126. The van der Waals surface area contributed by atoms with Gasteiger partial charge >= 0.3 is 0 Å². The van der Waals surface area contributed by atoms with E-state index in [-0.39, 0.29) is 23.8 Å². The fourth-order valence-electron chi connectivity index (χ4n) is 2.25. The van der Waals surface area contributed by atoms with Gasteiger partial charge in [-0.2, -0.15) is 0 Å². The molecule has 2 amide bonds. The predicted molar refractivity (Wildman–Crippen MR) is 66.0 cm³/mol. The Bertz CT molecular complexity index is 268. The Morgan fingerprint density at radius 2 is 2.00 bits per heavy atom. The summed E-state index contributed by atoms with van der Waals surface area (Å²) in [7, 11) is 0. The first kappa shape index (κ1) is 14.0. The van der Waals surface area contributed by atoms with E-state index in [0.717, 1.165) is 38.5 Å². The van der Waals surface area contributed by atoms with Crippen LogP contribution in [0.25, 0.3) is 0 Å². The highest BCUT2D eigenvalue weighted by Gasteiger charge is 2.24. The summed E-state index contributed by atoms with van der Waals surface area (Å²) in [5.74, 6) is -0.0938. The van der Waals surface area contributed by atoms with Crippen molar-refractivity contribution in [3.05, 3.63) is 0 Å². The van der Waals surface area contributed by atoms with Crippen LogP contribution in [0.15, 0.2) is 0 Å². The molecule has 2 atom stereocenters. The number of unbranched alkanes of at least 4 members (excludes halogenated alkanes) is 1. The summed E-state index contributed by atoms with van der Waals surface area (Å²) in [6.07, 6.45) is 5.74. The third kappa shape index (κ3) is 5.68. The van der Waals surface area contributed by atoms with Crippen LogP contribution < -0.4 is 16.8 Å². The van der Waals surface area contributed by atoms with Gasteiger partial charge in [-0.1, -0.05) is 6.42 Å². The molecule has 0 bridgehead atoms. The van der Waals surface area contributed by atoms with E-state index in [4.69, 9.17) is 11.5 Å². The third-order valence-corrected chi connectivity index (χ3v) is 3.23. The van der Waals surface area contributed by atoms with Crippen molar-refractivity contribution in [1.29, 1.82) is 0 Å². The van der Waals surface area contributed by atoms with Crippen LogP contribution in [0.5, 0.6) is 0 Å². The van der Waals surface area contributed by atoms with E-state index >= 15 is 0 Å². The minimum Gasteiger partial charge on any atom is -0.370 e. The van der Waals surface area contributed by atoms with Crippen LogP contribution >= 0.6 is 0 Å². The molecule has 0 saturated heterocycles. The summed E-state index contributed by atoms with van der Waals surface area (Å²) in [5, 5.41) is 2.90. The molecule has 1 aliphatic carbocycles. The molecule has 1 rings (SSSR count). The Kier molecular flexibility index (Phi) is 5.97. The number of rotatable bonds is 6. The molecule has 5 N–H and O–H groups in total. The zero-order valence-electron chi connectivity index (χ0n) is 10.3. The van der Waals surface area contributed by atoms with E-state index in [0.29, 0.717) is 13.0 Å². The van der Waals surface area contributed by atoms with Crippen LogP contribution in [0.3, 0.4) is 0 Å². The summed E-state index contributed by atoms with van der Waals surface area (Å²) in [5.41, 5.74) is 10.9. The average molecular weight is 241 g/mol. The van der Waals surface area contributed by atoms with E-state index in [1.165, 1.54) is 0 Å². The fraction of sp³-hybridized carbons (Fsp3) is 0.833. The number of carbonyl (C=O) groups excluding carboxylic acids is 2. The van der Waals surface area contributed by atoms with E-state index in [2.05, 4.69) is 5.32 Å². The van der Waals surface area contributed by atoms with Gasteiger partial charge < -0.3 is 16.8 Å². The van der Waals surface area contributed by atoms with Gasteiger partial charge in [-0.25, -0.2) is 0 Å². The highest BCUT2D eigenvalue weighted by atomic mass is 16.2. The van der Waals surface area contributed by atoms with Gasteiger partial charge in [-0.05, 0) is 32.1 Å². The molecule has 17 heavy (non-hydrogen) atoms. The molecule has 5 heteroatoms. The Hall–Kier alpha value is -1.10. The van der Waals surface area contributed by atoms with Crippen molar-refractivity contribution in [2.75, 3.05) is 6.54 Å². The molecule has 0 aromatic heterocycles. The second kappa shape index (κ2) is 7.27. The van der Waals surface area contributed by atoms with Crippen molar-refractivity contribution in [2.45, 2.75) is 51.0 Å². The smallest absolute Gasteiger partial charge is 0.223 e. The number of hydrogen-bond acceptors (Lipinski definition) is 3. The lowest BCUT2D eigenvalue weighted by Crippen LogP contribution is -2.38. The zero-order chi connectivity index (χ0) is 12.7. The summed E-state index contributed by atoms with van der Waals surface area (Å²) in [6, 6.07) is 0.175. The number of amides is 2. The van der Waals surface area contributed by atoms with Crippen LogP contribution in [0.2, 0.25) is 0 Å². The summed E-state index contributed by atoms with van der Waals surface area (Å²) in [4.78, 5) is 22.3. The molecule has 0 aromatic carbocycles. The van der Waals surface area contributed by atoms with Crippen molar-refractivity contribution in [1.82, 2.24) is 5.32 Å². The molecular weight excluding hydrogens is 218 g/mol. The second-order valence-electron chi connectivity index (χ2n) is 4.84. The first-order valence-electron chi connectivity index (χ1n) is 6.41. The second-order valence-corrected chi connectivity index (χ2v) is 4.84. The van der Waals surface area contributed by atoms with Gasteiger partial charge in [0, 0.05) is 24.9 Å². The van der Waals surface area contributed by atoms with Crippen molar-refractivity contribution < 1.29 is 9.59 Å². The zero-order valence-corrected chi connectivity index (χ0v) is 10.3. The Balaban J connectivity index is 2.10. The normalized spacial score (nSPS) is 24.3. The van der Waals surface area contributed by atoms with Gasteiger partial charge in [0.25, 0.3) is 0 Å². The summed E-state index contributed by atoms with van der Waals surface area (Å²) < 4.78 is 0. The molecule has 5 nitrogen and oxygen atoms in total. The van der Waals surface area contributed by atoms with Gasteiger partial charge in [0.1, 0.15) is 0 Å². The molecule has 0 aliphatic heterocycles. The highest BCUT2D eigenvalue weighted by molar-refractivity contribution is 5.78.